The fourth-order valence-corrected chi connectivity index (χ4v) is 1.59. The van der Waals surface area contributed by atoms with E-state index >= 15 is 0 Å². The van der Waals surface area contributed by atoms with Crippen LogP contribution in [-0.4, -0.2) is 24.0 Å². The molecule has 100 valence electrons. The molecule has 0 saturated carbocycles. The predicted octanol–water partition coefficient (Wildman–Crippen LogP) is 3.01. The van der Waals surface area contributed by atoms with Gasteiger partial charge in [-0.25, -0.2) is 9.18 Å². The number of carbonyl (C=O) groups is 1. The van der Waals surface area contributed by atoms with Gasteiger partial charge in [0.2, 0.25) is 0 Å². The van der Waals surface area contributed by atoms with Crippen molar-refractivity contribution in [3.05, 3.63) is 35.6 Å². The molecule has 0 radical (unpaired) electrons. The van der Waals surface area contributed by atoms with Crippen LogP contribution in [0.5, 0.6) is 0 Å². The molecular weight excluding hydrogens is 231 g/mol. The Morgan fingerprint density at radius 2 is 2.17 bits per heavy atom. The Morgan fingerprint density at radius 1 is 1.44 bits per heavy atom. The summed E-state index contributed by atoms with van der Waals surface area (Å²) in [5.41, 5.74) is 0.802. The predicted molar refractivity (Wildman–Crippen MR) is 70.7 cm³/mol. The summed E-state index contributed by atoms with van der Waals surface area (Å²) in [5, 5.41) is 2.86. The standard InChI is InChI=1S/C14H21FN2O/c1-4-17(14(18)16-9-11(2)3)10-12-6-5-7-13(15)8-12/h5-8,11H,4,9-10H2,1-3H3,(H,16,18). The third-order valence-electron chi connectivity index (χ3n) is 2.59. The van der Waals surface area contributed by atoms with E-state index in [2.05, 4.69) is 5.32 Å². The van der Waals surface area contributed by atoms with Crippen LogP contribution in [0.4, 0.5) is 9.18 Å². The van der Waals surface area contributed by atoms with Gasteiger partial charge in [0.15, 0.2) is 0 Å². The number of rotatable bonds is 5. The summed E-state index contributed by atoms with van der Waals surface area (Å²) >= 11 is 0. The minimum absolute atomic E-state index is 0.101. The highest BCUT2D eigenvalue weighted by Crippen LogP contribution is 2.07. The van der Waals surface area contributed by atoms with Gasteiger partial charge in [-0.3, -0.25) is 0 Å². The molecule has 0 saturated heterocycles. The number of nitrogens with one attached hydrogen (secondary N) is 1. The van der Waals surface area contributed by atoms with Crippen molar-refractivity contribution in [3.63, 3.8) is 0 Å². The Morgan fingerprint density at radius 3 is 2.72 bits per heavy atom. The molecule has 0 spiro atoms. The van der Waals surface area contributed by atoms with E-state index in [9.17, 15) is 9.18 Å². The molecule has 1 rings (SSSR count). The maximum atomic E-state index is 13.1. The van der Waals surface area contributed by atoms with Crippen LogP contribution >= 0.6 is 0 Å². The molecule has 4 heteroatoms. The maximum absolute atomic E-state index is 13.1. The summed E-state index contributed by atoms with van der Waals surface area (Å²) in [7, 11) is 0. The van der Waals surface area contributed by atoms with Gasteiger partial charge < -0.3 is 10.2 Å². The van der Waals surface area contributed by atoms with Gasteiger partial charge in [0, 0.05) is 19.6 Å². The van der Waals surface area contributed by atoms with Gasteiger partial charge >= 0.3 is 6.03 Å². The zero-order chi connectivity index (χ0) is 13.5. The molecule has 0 fully saturated rings. The zero-order valence-corrected chi connectivity index (χ0v) is 11.2. The number of halogens is 1. The molecule has 0 aromatic heterocycles. The molecule has 0 aliphatic carbocycles. The first-order valence-corrected chi connectivity index (χ1v) is 6.30. The van der Waals surface area contributed by atoms with Crippen LogP contribution in [0, 0.1) is 11.7 Å². The Bertz CT molecular complexity index is 393. The summed E-state index contributed by atoms with van der Waals surface area (Å²) in [6, 6.07) is 6.23. The third kappa shape index (κ3) is 4.73. The number of benzene rings is 1. The normalized spacial score (nSPS) is 10.5. The summed E-state index contributed by atoms with van der Waals surface area (Å²) < 4.78 is 13.1. The van der Waals surface area contributed by atoms with Crippen molar-refractivity contribution >= 4 is 6.03 Å². The number of amides is 2. The number of carbonyl (C=O) groups excluding carboxylic acids is 1. The molecule has 18 heavy (non-hydrogen) atoms. The van der Waals surface area contributed by atoms with Crippen molar-refractivity contribution in [2.24, 2.45) is 5.92 Å². The molecule has 0 atom stereocenters. The van der Waals surface area contributed by atoms with Crippen LogP contribution in [0.25, 0.3) is 0 Å². The molecule has 0 aliphatic rings. The fraction of sp³-hybridized carbons (Fsp3) is 0.500. The van der Waals surface area contributed by atoms with Crippen LogP contribution in [0.3, 0.4) is 0 Å². The van der Waals surface area contributed by atoms with Crippen molar-refractivity contribution in [1.82, 2.24) is 10.2 Å². The summed E-state index contributed by atoms with van der Waals surface area (Å²) in [6.07, 6.45) is 0. The molecule has 1 aromatic rings. The average molecular weight is 252 g/mol. The Labute approximate surface area is 108 Å². The Hall–Kier alpha value is -1.58. The smallest absolute Gasteiger partial charge is 0.317 e. The molecule has 0 heterocycles. The Balaban J connectivity index is 2.58. The maximum Gasteiger partial charge on any atom is 0.317 e. The van der Waals surface area contributed by atoms with E-state index in [1.807, 2.05) is 26.8 Å². The second kappa shape index (κ2) is 6.99. The molecule has 0 aliphatic heterocycles. The second-order valence-corrected chi connectivity index (χ2v) is 4.72. The van der Waals surface area contributed by atoms with E-state index < -0.39 is 0 Å². The highest BCUT2D eigenvalue weighted by atomic mass is 19.1. The van der Waals surface area contributed by atoms with E-state index in [4.69, 9.17) is 0 Å². The minimum atomic E-state index is -0.272. The first-order valence-electron chi connectivity index (χ1n) is 6.30. The number of hydrogen-bond donors (Lipinski definition) is 1. The highest BCUT2D eigenvalue weighted by molar-refractivity contribution is 5.74. The summed E-state index contributed by atoms with van der Waals surface area (Å²) in [5.74, 6) is 0.146. The van der Waals surface area contributed by atoms with Crippen LogP contribution in [-0.2, 0) is 6.54 Å². The van der Waals surface area contributed by atoms with Gasteiger partial charge in [0.25, 0.3) is 0 Å². The first kappa shape index (κ1) is 14.5. The highest BCUT2D eigenvalue weighted by Gasteiger charge is 2.12. The van der Waals surface area contributed by atoms with E-state index in [0.717, 1.165) is 5.56 Å². The van der Waals surface area contributed by atoms with Gasteiger partial charge in [0.1, 0.15) is 5.82 Å². The molecule has 2 amide bonds. The van der Waals surface area contributed by atoms with E-state index in [1.165, 1.54) is 12.1 Å². The quantitative estimate of drug-likeness (QED) is 0.858. The van der Waals surface area contributed by atoms with Crippen molar-refractivity contribution in [2.75, 3.05) is 13.1 Å². The van der Waals surface area contributed by atoms with E-state index in [-0.39, 0.29) is 11.8 Å². The van der Waals surface area contributed by atoms with Crippen LogP contribution in [0.15, 0.2) is 24.3 Å². The van der Waals surface area contributed by atoms with Crippen molar-refractivity contribution in [1.29, 1.82) is 0 Å². The number of nitrogens with zero attached hydrogens (tertiary/aromatic N) is 1. The van der Waals surface area contributed by atoms with Crippen LogP contribution < -0.4 is 5.32 Å². The monoisotopic (exact) mass is 252 g/mol. The summed E-state index contributed by atoms with van der Waals surface area (Å²) in [4.78, 5) is 13.6. The lowest BCUT2D eigenvalue weighted by Crippen LogP contribution is -2.40. The van der Waals surface area contributed by atoms with Gasteiger partial charge in [-0.05, 0) is 30.5 Å². The SMILES string of the molecule is CCN(Cc1cccc(F)c1)C(=O)NCC(C)C. The lowest BCUT2D eigenvalue weighted by molar-refractivity contribution is 0.196. The lowest BCUT2D eigenvalue weighted by Gasteiger charge is -2.22. The molecule has 0 unspecified atom stereocenters. The van der Waals surface area contributed by atoms with E-state index in [0.29, 0.717) is 25.6 Å². The first-order chi connectivity index (χ1) is 8.52. The topological polar surface area (TPSA) is 32.3 Å². The van der Waals surface area contributed by atoms with Crippen molar-refractivity contribution < 1.29 is 9.18 Å². The second-order valence-electron chi connectivity index (χ2n) is 4.72. The number of hydrogen-bond acceptors (Lipinski definition) is 1. The Kier molecular flexibility index (Phi) is 5.62. The number of urea groups is 1. The van der Waals surface area contributed by atoms with Crippen molar-refractivity contribution in [2.45, 2.75) is 27.3 Å². The zero-order valence-electron chi connectivity index (χ0n) is 11.2. The van der Waals surface area contributed by atoms with Crippen LogP contribution in [0.1, 0.15) is 26.3 Å². The lowest BCUT2D eigenvalue weighted by atomic mass is 10.2. The third-order valence-corrected chi connectivity index (χ3v) is 2.59. The molecule has 1 aromatic carbocycles. The molecule has 0 bridgehead atoms. The summed E-state index contributed by atoms with van der Waals surface area (Å²) in [6.45, 7) is 7.68. The van der Waals surface area contributed by atoms with E-state index in [1.54, 1.807) is 11.0 Å². The molecule has 3 nitrogen and oxygen atoms in total. The van der Waals surface area contributed by atoms with Crippen molar-refractivity contribution in [3.8, 4) is 0 Å². The largest absolute Gasteiger partial charge is 0.338 e. The average Bonchev–Trinajstić information content (AvgIpc) is 2.33. The minimum Gasteiger partial charge on any atom is -0.338 e. The fourth-order valence-electron chi connectivity index (χ4n) is 1.59. The van der Waals surface area contributed by atoms with Crippen LogP contribution in [0.2, 0.25) is 0 Å². The molecular formula is C14H21FN2O. The van der Waals surface area contributed by atoms with Gasteiger partial charge in [0.05, 0.1) is 0 Å². The van der Waals surface area contributed by atoms with Gasteiger partial charge in [-0.1, -0.05) is 26.0 Å². The van der Waals surface area contributed by atoms with Gasteiger partial charge in [-0.15, -0.1) is 0 Å². The molecule has 1 N–H and O–H groups in total. The van der Waals surface area contributed by atoms with Gasteiger partial charge in [-0.2, -0.15) is 0 Å².